The maximum atomic E-state index is 6.01. The molecule has 1 aromatic heterocycles. The first-order valence-electron chi connectivity index (χ1n) is 12.4. The summed E-state index contributed by atoms with van der Waals surface area (Å²) < 4.78 is 6.01. The lowest BCUT2D eigenvalue weighted by molar-refractivity contribution is 0.0539. The molecule has 1 aromatic rings. The fraction of sp³-hybridized carbons (Fsp3) is 0.875. The summed E-state index contributed by atoms with van der Waals surface area (Å²) in [6.45, 7) is 7.00. The van der Waals surface area contributed by atoms with E-state index in [0.717, 1.165) is 31.7 Å². The van der Waals surface area contributed by atoms with Crippen LogP contribution in [0.1, 0.15) is 79.8 Å². The third-order valence-corrected chi connectivity index (χ3v) is 8.88. The molecule has 5 heteroatoms. The van der Waals surface area contributed by atoms with E-state index in [-0.39, 0.29) is 0 Å². The average Bonchev–Trinajstić information content (AvgIpc) is 3.50. The summed E-state index contributed by atoms with van der Waals surface area (Å²) in [6, 6.07) is 0.903. The molecule has 4 nitrogen and oxygen atoms in total. The van der Waals surface area contributed by atoms with E-state index in [1.807, 2.05) is 11.3 Å². The Labute approximate surface area is 181 Å². The van der Waals surface area contributed by atoms with Gasteiger partial charge < -0.3 is 9.64 Å². The Morgan fingerprint density at radius 2 is 1.76 bits per heavy atom. The summed E-state index contributed by atoms with van der Waals surface area (Å²) in [5, 5.41) is 1.36. The van der Waals surface area contributed by atoms with Crippen molar-refractivity contribution in [1.82, 2.24) is 14.8 Å². The molecule has 2 aliphatic carbocycles. The molecule has 0 spiro atoms. The monoisotopic (exact) mass is 417 g/mol. The van der Waals surface area contributed by atoms with Crippen LogP contribution in [0.15, 0.2) is 0 Å². The lowest BCUT2D eigenvalue weighted by Gasteiger charge is -2.38. The van der Waals surface area contributed by atoms with Gasteiger partial charge in [-0.1, -0.05) is 12.8 Å². The van der Waals surface area contributed by atoms with E-state index in [4.69, 9.17) is 9.72 Å². The highest BCUT2D eigenvalue weighted by molar-refractivity contribution is 7.11. The predicted molar refractivity (Wildman–Crippen MR) is 120 cm³/mol. The van der Waals surface area contributed by atoms with Crippen LogP contribution in [0.2, 0.25) is 0 Å². The molecule has 4 aliphatic rings. The van der Waals surface area contributed by atoms with Crippen LogP contribution in [-0.2, 0) is 24.1 Å². The Bertz CT molecular complexity index is 619. The summed E-state index contributed by atoms with van der Waals surface area (Å²) in [4.78, 5) is 12.1. The third-order valence-electron chi connectivity index (χ3n) is 7.74. The Balaban J connectivity index is 1.18. The van der Waals surface area contributed by atoms with Crippen LogP contribution in [0.4, 0.5) is 0 Å². The summed E-state index contributed by atoms with van der Waals surface area (Å²) >= 11 is 2.00. The lowest BCUT2D eigenvalue weighted by atomic mass is 9.94. The third kappa shape index (κ3) is 5.23. The number of nitrogens with zero attached hydrogens (tertiary/aromatic N) is 3. The molecule has 29 heavy (non-hydrogen) atoms. The highest BCUT2D eigenvalue weighted by Crippen LogP contribution is 2.30. The van der Waals surface area contributed by atoms with Gasteiger partial charge in [0, 0.05) is 30.6 Å². The quantitative estimate of drug-likeness (QED) is 0.645. The first-order chi connectivity index (χ1) is 14.3. The minimum atomic E-state index is 0.447. The second kappa shape index (κ2) is 9.76. The fourth-order valence-electron chi connectivity index (χ4n) is 6.08. The van der Waals surface area contributed by atoms with Gasteiger partial charge >= 0.3 is 0 Å². The van der Waals surface area contributed by atoms with E-state index in [1.165, 1.54) is 107 Å². The average molecular weight is 418 g/mol. The van der Waals surface area contributed by atoms with Crippen LogP contribution < -0.4 is 0 Å². The fourth-order valence-corrected chi connectivity index (χ4v) is 7.28. The minimum absolute atomic E-state index is 0.447. The zero-order valence-electron chi connectivity index (χ0n) is 18.1. The number of rotatable bonds is 7. The van der Waals surface area contributed by atoms with Crippen LogP contribution in [0.25, 0.3) is 0 Å². The first-order valence-corrected chi connectivity index (χ1v) is 13.2. The largest absolute Gasteiger partial charge is 0.377 e. The Kier molecular flexibility index (Phi) is 6.87. The predicted octanol–water partition coefficient (Wildman–Crippen LogP) is 4.66. The number of piperidine rings is 1. The number of thiazole rings is 1. The van der Waals surface area contributed by atoms with Crippen molar-refractivity contribution in [2.75, 3.05) is 32.8 Å². The molecule has 3 fully saturated rings. The number of aromatic nitrogens is 1. The number of fused-ring (bicyclic) bond motifs is 1. The van der Waals surface area contributed by atoms with Crippen LogP contribution in [0.5, 0.6) is 0 Å². The number of hydrogen-bond donors (Lipinski definition) is 0. The zero-order chi connectivity index (χ0) is 19.5. The standard InChI is InChI=1S/C24H39N3OS/c1-2-7-20(6-1)27-13-11-19(12-14-27)16-26(17-21-8-5-15-28-21)18-24-25-22-9-3-4-10-23(22)29-24/h19-21H,1-18H2/t21-/m0/s1. The second-order valence-electron chi connectivity index (χ2n) is 9.93. The van der Waals surface area contributed by atoms with Crippen LogP contribution in [-0.4, -0.2) is 59.7 Å². The van der Waals surface area contributed by atoms with E-state index in [9.17, 15) is 0 Å². The van der Waals surface area contributed by atoms with E-state index < -0.39 is 0 Å². The zero-order valence-corrected chi connectivity index (χ0v) is 18.9. The van der Waals surface area contributed by atoms with Gasteiger partial charge in [-0.25, -0.2) is 4.98 Å². The van der Waals surface area contributed by atoms with E-state index in [1.54, 1.807) is 4.88 Å². The molecule has 2 aliphatic heterocycles. The number of hydrogen-bond acceptors (Lipinski definition) is 5. The number of aryl methyl sites for hydroxylation is 2. The molecule has 0 radical (unpaired) electrons. The molecule has 0 bridgehead atoms. The van der Waals surface area contributed by atoms with Gasteiger partial charge in [-0.2, -0.15) is 0 Å². The van der Waals surface area contributed by atoms with Gasteiger partial charge in [0.2, 0.25) is 0 Å². The van der Waals surface area contributed by atoms with Gasteiger partial charge in [-0.3, -0.25) is 4.90 Å². The second-order valence-corrected chi connectivity index (χ2v) is 11.1. The molecule has 3 heterocycles. The highest BCUT2D eigenvalue weighted by atomic mass is 32.1. The molecule has 5 rings (SSSR count). The smallest absolute Gasteiger partial charge is 0.107 e. The lowest BCUT2D eigenvalue weighted by Crippen LogP contribution is -2.43. The van der Waals surface area contributed by atoms with Crippen molar-refractivity contribution in [3.63, 3.8) is 0 Å². The van der Waals surface area contributed by atoms with Crippen LogP contribution >= 0.6 is 11.3 Å². The van der Waals surface area contributed by atoms with Gasteiger partial charge in [0.25, 0.3) is 0 Å². The molecule has 0 aromatic carbocycles. The number of likely N-dealkylation sites (tertiary alicyclic amines) is 1. The molecular weight excluding hydrogens is 378 g/mol. The van der Waals surface area contributed by atoms with E-state index in [0.29, 0.717) is 6.10 Å². The Morgan fingerprint density at radius 1 is 0.931 bits per heavy atom. The molecule has 0 amide bonds. The molecule has 0 N–H and O–H groups in total. The van der Waals surface area contributed by atoms with Crippen molar-refractivity contribution in [3.05, 3.63) is 15.6 Å². The van der Waals surface area contributed by atoms with E-state index in [2.05, 4.69) is 9.80 Å². The Hall–Kier alpha value is -0.490. The summed E-state index contributed by atoms with van der Waals surface area (Å²) in [7, 11) is 0. The van der Waals surface area contributed by atoms with Gasteiger partial charge in [0.15, 0.2) is 0 Å². The summed E-state index contributed by atoms with van der Waals surface area (Å²) in [5.74, 6) is 0.851. The highest BCUT2D eigenvalue weighted by Gasteiger charge is 2.29. The normalized spacial score (nSPS) is 27.1. The maximum absolute atomic E-state index is 6.01. The topological polar surface area (TPSA) is 28.6 Å². The van der Waals surface area contributed by atoms with Crippen LogP contribution in [0.3, 0.4) is 0 Å². The van der Waals surface area contributed by atoms with Crippen molar-refractivity contribution in [2.45, 2.75) is 95.7 Å². The molecule has 1 atom stereocenters. The van der Waals surface area contributed by atoms with Crippen LogP contribution in [0, 0.1) is 5.92 Å². The molecule has 162 valence electrons. The summed E-state index contributed by atoms with van der Waals surface area (Å²) in [6.07, 6.45) is 16.7. The first kappa shape index (κ1) is 20.4. The van der Waals surface area contributed by atoms with Crippen molar-refractivity contribution in [2.24, 2.45) is 5.92 Å². The van der Waals surface area contributed by atoms with E-state index >= 15 is 0 Å². The van der Waals surface area contributed by atoms with Crippen molar-refractivity contribution in [3.8, 4) is 0 Å². The van der Waals surface area contributed by atoms with Gasteiger partial charge in [-0.05, 0) is 83.2 Å². The Morgan fingerprint density at radius 3 is 2.52 bits per heavy atom. The SMILES string of the molecule is C1CCc2sc(CN(CC3CCN(C4CCCC4)CC3)C[C@@H]3CCCO3)nc2C1. The maximum Gasteiger partial charge on any atom is 0.107 e. The van der Waals surface area contributed by atoms with Crippen molar-refractivity contribution >= 4 is 11.3 Å². The molecule has 2 saturated heterocycles. The minimum Gasteiger partial charge on any atom is -0.377 e. The van der Waals surface area contributed by atoms with Gasteiger partial charge in [0.1, 0.15) is 5.01 Å². The molecule has 1 saturated carbocycles. The van der Waals surface area contributed by atoms with Gasteiger partial charge in [-0.15, -0.1) is 11.3 Å². The van der Waals surface area contributed by atoms with Gasteiger partial charge in [0.05, 0.1) is 18.3 Å². The van der Waals surface area contributed by atoms with Crippen molar-refractivity contribution < 1.29 is 4.74 Å². The molecule has 0 unspecified atom stereocenters. The number of ether oxygens (including phenoxy) is 1. The van der Waals surface area contributed by atoms with Crippen molar-refractivity contribution in [1.29, 1.82) is 0 Å². The molecular formula is C24H39N3OS. The summed E-state index contributed by atoms with van der Waals surface area (Å²) in [5.41, 5.74) is 1.41.